The summed E-state index contributed by atoms with van der Waals surface area (Å²) in [6.45, 7) is 2.24. The molecule has 1 heterocycles. The maximum atomic E-state index is 11.8. The van der Waals surface area contributed by atoms with Crippen molar-refractivity contribution in [1.29, 1.82) is 0 Å². The number of rotatable bonds is 4. The van der Waals surface area contributed by atoms with Crippen molar-refractivity contribution in [2.75, 3.05) is 7.11 Å². The minimum absolute atomic E-state index is 0.173. The van der Waals surface area contributed by atoms with E-state index in [0.29, 0.717) is 23.3 Å². The number of carbonyl (C=O) groups is 2. The summed E-state index contributed by atoms with van der Waals surface area (Å²) in [5, 5.41) is 0. The van der Waals surface area contributed by atoms with Gasteiger partial charge in [0.1, 0.15) is 0 Å². The Bertz CT molecular complexity index is 824. The minimum Gasteiger partial charge on any atom is -0.465 e. The second kappa shape index (κ2) is 7.05. The zero-order chi connectivity index (χ0) is 16.1. The van der Waals surface area contributed by atoms with Crippen LogP contribution in [0.15, 0.2) is 23.2 Å². The van der Waals surface area contributed by atoms with E-state index in [1.165, 1.54) is 18.4 Å². The van der Waals surface area contributed by atoms with Crippen molar-refractivity contribution in [2.45, 2.75) is 26.3 Å². The number of terminal acetylenes is 1. The summed E-state index contributed by atoms with van der Waals surface area (Å²) in [5.41, 5.74) is 1.30. The van der Waals surface area contributed by atoms with Gasteiger partial charge in [-0.05, 0) is 24.6 Å². The van der Waals surface area contributed by atoms with Crippen LogP contribution in [0.4, 0.5) is 0 Å². The maximum Gasteiger partial charge on any atom is 0.337 e. The molecule has 0 saturated carbocycles. The summed E-state index contributed by atoms with van der Waals surface area (Å²) >= 11 is 1.33. The van der Waals surface area contributed by atoms with Gasteiger partial charge >= 0.3 is 5.97 Å². The van der Waals surface area contributed by atoms with Gasteiger partial charge in [0.15, 0.2) is 4.80 Å². The lowest BCUT2D eigenvalue weighted by Gasteiger charge is -2.01. The number of benzene rings is 1. The first-order valence-electron chi connectivity index (χ1n) is 6.83. The largest absolute Gasteiger partial charge is 0.465 e. The van der Waals surface area contributed by atoms with E-state index in [4.69, 9.17) is 11.2 Å². The number of hydrogen-bond acceptors (Lipinski definition) is 4. The van der Waals surface area contributed by atoms with Gasteiger partial charge in [0.05, 0.1) is 29.4 Å². The molecule has 0 bridgehead atoms. The quantitative estimate of drug-likeness (QED) is 0.642. The molecule has 0 fully saturated rings. The van der Waals surface area contributed by atoms with Gasteiger partial charge in [0, 0.05) is 6.42 Å². The number of fused-ring (bicyclic) bond motifs is 1. The predicted octanol–water partition coefficient (Wildman–Crippen LogP) is 2.35. The fourth-order valence-electron chi connectivity index (χ4n) is 2.02. The van der Waals surface area contributed by atoms with E-state index in [1.54, 1.807) is 22.8 Å². The molecule has 0 radical (unpaired) electrons. The van der Waals surface area contributed by atoms with E-state index >= 15 is 0 Å². The van der Waals surface area contributed by atoms with Gasteiger partial charge < -0.3 is 9.30 Å². The van der Waals surface area contributed by atoms with E-state index in [1.807, 2.05) is 6.92 Å². The number of esters is 1. The van der Waals surface area contributed by atoms with Crippen LogP contribution in [0, 0.1) is 12.3 Å². The Morgan fingerprint density at radius 2 is 2.23 bits per heavy atom. The third kappa shape index (κ3) is 3.26. The summed E-state index contributed by atoms with van der Waals surface area (Å²) in [4.78, 5) is 28.1. The highest BCUT2D eigenvalue weighted by atomic mass is 32.1. The molecular formula is C16H16N2O3S. The Balaban J connectivity index is 2.61. The molecule has 2 aromatic rings. The van der Waals surface area contributed by atoms with Crippen molar-refractivity contribution >= 4 is 33.4 Å². The van der Waals surface area contributed by atoms with Crippen LogP contribution < -0.4 is 4.80 Å². The molecule has 0 unspecified atom stereocenters. The first-order chi connectivity index (χ1) is 10.6. The number of thiazole rings is 1. The second-order valence-corrected chi connectivity index (χ2v) is 5.61. The number of amides is 1. The van der Waals surface area contributed by atoms with Gasteiger partial charge in [-0.2, -0.15) is 4.99 Å². The molecule has 0 N–H and O–H groups in total. The number of hydrogen-bond donors (Lipinski definition) is 0. The zero-order valence-corrected chi connectivity index (χ0v) is 13.3. The molecule has 5 nitrogen and oxygen atoms in total. The molecular weight excluding hydrogens is 300 g/mol. The van der Waals surface area contributed by atoms with E-state index < -0.39 is 5.97 Å². The normalized spacial score (nSPS) is 11.4. The fourth-order valence-corrected chi connectivity index (χ4v) is 3.11. The third-order valence-electron chi connectivity index (χ3n) is 3.04. The van der Waals surface area contributed by atoms with Crippen molar-refractivity contribution in [3.8, 4) is 12.3 Å². The van der Waals surface area contributed by atoms with Gasteiger partial charge in [-0.15, -0.1) is 6.42 Å². The number of ether oxygens (including phenoxy) is 1. The lowest BCUT2D eigenvalue weighted by molar-refractivity contribution is -0.118. The minimum atomic E-state index is -0.403. The smallest absolute Gasteiger partial charge is 0.337 e. The molecule has 22 heavy (non-hydrogen) atoms. The highest BCUT2D eigenvalue weighted by Gasteiger charge is 2.11. The lowest BCUT2D eigenvalue weighted by atomic mass is 10.2. The van der Waals surface area contributed by atoms with Gasteiger partial charge in [0.25, 0.3) is 0 Å². The molecule has 1 amide bonds. The summed E-state index contributed by atoms with van der Waals surface area (Å²) in [5.74, 6) is 1.99. The topological polar surface area (TPSA) is 60.7 Å². The van der Waals surface area contributed by atoms with Crippen molar-refractivity contribution in [3.63, 3.8) is 0 Å². The molecule has 114 valence electrons. The molecule has 0 spiro atoms. The maximum absolute atomic E-state index is 11.8. The van der Waals surface area contributed by atoms with E-state index in [-0.39, 0.29) is 5.91 Å². The highest BCUT2D eigenvalue weighted by molar-refractivity contribution is 7.16. The van der Waals surface area contributed by atoms with E-state index in [9.17, 15) is 9.59 Å². The lowest BCUT2D eigenvalue weighted by Crippen LogP contribution is -2.16. The molecule has 0 aliphatic rings. The summed E-state index contributed by atoms with van der Waals surface area (Å²) < 4.78 is 7.35. The van der Waals surface area contributed by atoms with Crippen LogP contribution in [0.1, 0.15) is 30.1 Å². The Morgan fingerprint density at radius 3 is 2.86 bits per heavy atom. The first-order valence-corrected chi connectivity index (χ1v) is 7.65. The van der Waals surface area contributed by atoms with Crippen LogP contribution in [-0.2, 0) is 16.1 Å². The summed E-state index contributed by atoms with van der Waals surface area (Å²) in [6, 6.07) is 5.19. The number of methoxy groups -OCH3 is 1. The van der Waals surface area contributed by atoms with Crippen LogP contribution >= 0.6 is 11.3 Å². The van der Waals surface area contributed by atoms with E-state index in [2.05, 4.69) is 10.9 Å². The van der Waals surface area contributed by atoms with Gasteiger partial charge in [-0.1, -0.05) is 24.2 Å². The summed E-state index contributed by atoms with van der Waals surface area (Å²) in [7, 11) is 1.34. The highest BCUT2D eigenvalue weighted by Crippen LogP contribution is 2.19. The molecule has 1 aromatic heterocycles. The molecule has 0 aliphatic carbocycles. The molecule has 6 heteroatoms. The molecule has 0 atom stereocenters. The van der Waals surface area contributed by atoms with Crippen LogP contribution in [0.2, 0.25) is 0 Å². The fraction of sp³-hybridized carbons (Fsp3) is 0.312. The molecule has 1 aromatic carbocycles. The SMILES string of the molecule is C#CCn1c(=NC(=O)CCC)sc2cc(C(=O)OC)ccc21. The monoisotopic (exact) mass is 316 g/mol. The summed E-state index contributed by atoms with van der Waals surface area (Å²) in [6.07, 6.45) is 6.55. The zero-order valence-electron chi connectivity index (χ0n) is 12.5. The molecule has 0 aliphatic heterocycles. The average molecular weight is 316 g/mol. The predicted molar refractivity (Wildman–Crippen MR) is 85.5 cm³/mol. The Kier molecular flexibility index (Phi) is 5.12. The standard InChI is InChI=1S/C16H16N2O3S/c1-4-6-14(19)17-16-18(9-5-2)12-8-7-11(15(20)21-3)10-13(12)22-16/h2,7-8,10H,4,6,9H2,1,3H3. The number of carbonyl (C=O) groups excluding carboxylic acids is 2. The van der Waals surface area contributed by atoms with Gasteiger partial charge in [-0.25, -0.2) is 4.79 Å². The Morgan fingerprint density at radius 1 is 1.45 bits per heavy atom. The number of aromatic nitrogens is 1. The van der Waals surface area contributed by atoms with Gasteiger partial charge in [0.2, 0.25) is 5.91 Å². The first kappa shape index (κ1) is 16.0. The third-order valence-corrected chi connectivity index (χ3v) is 4.08. The molecule has 0 saturated heterocycles. The Hall–Kier alpha value is -2.39. The van der Waals surface area contributed by atoms with Crippen LogP contribution in [-0.4, -0.2) is 23.6 Å². The van der Waals surface area contributed by atoms with Crippen molar-refractivity contribution in [2.24, 2.45) is 4.99 Å². The average Bonchev–Trinajstić information content (AvgIpc) is 2.84. The Labute approximate surface area is 132 Å². The molecule has 2 rings (SSSR count). The van der Waals surface area contributed by atoms with Crippen LogP contribution in [0.25, 0.3) is 10.2 Å². The van der Waals surface area contributed by atoms with Crippen LogP contribution in [0.3, 0.4) is 0 Å². The van der Waals surface area contributed by atoms with E-state index in [0.717, 1.165) is 16.6 Å². The van der Waals surface area contributed by atoms with Crippen molar-refractivity contribution in [3.05, 3.63) is 28.6 Å². The van der Waals surface area contributed by atoms with Crippen LogP contribution in [0.5, 0.6) is 0 Å². The van der Waals surface area contributed by atoms with Crippen molar-refractivity contribution < 1.29 is 14.3 Å². The van der Waals surface area contributed by atoms with Crippen molar-refractivity contribution in [1.82, 2.24) is 4.57 Å². The van der Waals surface area contributed by atoms with Gasteiger partial charge in [-0.3, -0.25) is 4.79 Å². The number of nitrogens with zero attached hydrogens (tertiary/aromatic N) is 2. The second-order valence-electron chi connectivity index (χ2n) is 4.60.